The molecule has 1 unspecified atom stereocenters. The zero-order valence-electron chi connectivity index (χ0n) is 22.6. The summed E-state index contributed by atoms with van der Waals surface area (Å²) in [7, 11) is -1.51. The zero-order chi connectivity index (χ0) is 28.9. The fourth-order valence-electron chi connectivity index (χ4n) is 6.13. The van der Waals surface area contributed by atoms with Gasteiger partial charge in [-0.25, -0.2) is 22.1 Å². The number of nitrogens with zero attached hydrogens (tertiary/aromatic N) is 2. The Labute approximate surface area is 233 Å². The molecule has 0 radical (unpaired) electrons. The lowest BCUT2D eigenvalue weighted by atomic mass is 9.82. The van der Waals surface area contributed by atoms with Crippen LogP contribution in [0.5, 0.6) is 0 Å². The monoisotopic (exact) mass is 575 g/mol. The first-order valence-corrected chi connectivity index (χ1v) is 14.6. The van der Waals surface area contributed by atoms with Gasteiger partial charge in [0.05, 0.1) is 26.9 Å². The normalized spacial score (nSPS) is 23.9. The van der Waals surface area contributed by atoms with E-state index in [0.717, 1.165) is 23.8 Å². The van der Waals surface area contributed by atoms with Crippen LogP contribution in [0.4, 0.5) is 13.2 Å². The van der Waals surface area contributed by atoms with Crippen LogP contribution in [0.2, 0.25) is 0 Å². The van der Waals surface area contributed by atoms with Crippen molar-refractivity contribution < 1.29 is 31.8 Å². The minimum atomic E-state index is -1.51. The first-order valence-electron chi connectivity index (χ1n) is 13.4. The third-order valence-electron chi connectivity index (χ3n) is 8.14. The number of carbonyl (C=O) groups is 3. The van der Waals surface area contributed by atoms with Gasteiger partial charge in [0.1, 0.15) is 12.4 Å². The van der Waals surface area contributed by atoms with Crippen LogP contribution in [0.15, 0.2) is 36.4 Å². The van der Waals surface area contributed by atoms with Gasteiger partial charge in [0, 0.05) is 24.2 Å². The molecule has 2 fully saturated rings. The standard InChI is InChI=1S/C29H32F3N3O4S/c1-29(2,3)40(39)33-25(13-16-12-23(31)24(32)14-22(16)30)17-10-18-8-9-19(11-17)35(18)26(36)15-34-27(37)20-6-4-5-7-21(20)28(34)38/h4-7,12,14,17-19,25,33H,8-11,13,15H2,1-3H3/t17?,18-,19+,25-,40+/m1/s1. The molecule has 0 spiro atoms. The Bertz CT molecular complexity index is 1350. The van der Waals surface area contributed by atoms with Crippen molar-refractivity contribution in [3.8, 4) is 0 Å². The Kier molecular flexibility index (Phi) is 7.64. The molecule has 11 heteroatoms. The van der Waals surface area contributed by atoms with Crippen LogP contribution in [0.1, 0.15) is 72.7 Å². The molecule has 2 bridgehead atoms. The highest BCUT2D eigenvalue weighted by Crippen LogP contribution is 2.41. The van der Waals surface area contributed by atoms with Crippen LogP contribution in [-0.4, -0.2) is 61.1 Å². The maximum atomic E-state index is 14.6. The third-order valence-corrected chi connectivity index (χ3v) is 9.77. The summed E-state index contributed by atoms with van der Waals surface area (Å²) in [5, 5.41) is 0. The van der Waals surface area contributed by atoms with Crippen molar-refractivity contribution in [3.05, 3.63) is 70.5 Å². The minimum absolute atomic E-state index is 0.00204. The maximum absolute atomic E-state index is 14.6. The van der Waals surface area contributed by atoms with E-state index < -0.39 is 51.0 Å². The largest absolute Gasteiger partial charge is 0.335 e. The predicted molar refractivity (Wildman–Crippen MR) is 143 cm³/mol. The molecular formula is C29H32F3N3O4S. The van der Waals surface area contributed by atoms with Gasteiger partial charge < -0.3 is 4.90 Å². The number of fused-ring (bicyclic) bond motifs is 3. The molecule has 3 aliphatic heterocycles. The van der Waals surface area contributed by atoms with Gasteiger partial charge in [0.2, 0.25) is 5.91 Å². The van der Waals surface area contributed by atoms with E-state index in [9.17, 15) is 31.8 Å². The highest BCUT2D eigenvalue weighted by Gasteiger charge is 2.47. The Balaban J connectivity index is 1.33. The number of imide groups is 1. The van der Waals surface area contributed by atoms with Crippen LogP contribution in [-0.2, 0) is 22.2 Å². The van der Waals surface area contributed by atoms with Gasteiger partial charge in [-0.3, -0.25) is 19.3 Å². The molecule has 2 aromatic rings. The summed E-state index contributed by atoms with van der Waals surface area (Å²) in [6.07, 6.45) is 2.49. The minimum Gasteiger partial charge on any atom is -0.335 e. The van der Waals surface area contributed by atoms with Gasteiger partial charge >= 0.3 is 0 Å². The van der Waals surface area contributed by atoms with E-state index in [0.29, 0.717) is 18.9 Å². The third kappa shape index (κ3) is 5.33. The molecule has 2 aromatic carbocycles. The van der Waals surface area contributed by atoms with Gasteiger partial charge in [-0.15, -0.1) is 0 Å². The molecule has 1 N–H and O–H groups in total. The van der Waals surface area contributed by atoms with Gasteiger partial charge in [-0.2, -0.15) is 0 Å². The first kappa shape index (κ1) is 28.5. The fraction of sp³-hybridized carbons (Fsp3) is 0.483. The summed E-state index contributed by atoms with van der Waals surface area (Å²) in [5.74, 6) is -4.71. The number of rotatable bonds is 7. The van der Waals surface area contributed by atoms with Crippen molar-refractivity contribution in [1.29, 1.82) is 0 Å². The van der Waals surface area contributed by atoms with E-state index in [1.807, 2.05) is 0 Å². The molecule has 0 aliphatic carbocycles. The lowest BCUT2D eigenvalue weighted by Crippen LogP contribution is -2.54. The number of hydrogen-bond acceptors (Lipinski definition) is 4. The number of amides is 3. The van der Waals surface area contributed by atoms with E-state index in [2.05, 4.69) is 4.72 Å². The Hall–Kier alpha value is -3.05. The van der Waals surface area contributed by atoms with E-state index >= 15 is 0 Å². The van der Waals surface area contributed by atoms with Crippen LogP contribution in [0, 0.1) is 23.4 Å². The van der Waals surface area contributed by atoms with Crippen LogP contribution >= 0.6 is 0 Å². The molecule has 2 saturated heterocycles. The quantitative estimate of drug-likeness (QED) is 0.398. The van der Waals surface area contributed by atoms with Gasteiger partial charge in [0.25, 0.3) is 11.8 Å². The Morgan fingerprint density at radius 3 is 2.08 bits per heavy atom. The van der Waals surface area contributed by atoms with Crippen molar-refractivity contribution in [2.75, 3.05) is 6.54 Å². The highest BCUT2D eigenvalue weighted by molar-refractivity contribution is 7.84. The highest BCUT2D eigenvalue weighted by atomic mass is 32.2. The number of halogens is 3. The molecule has 3 aliphatic rings. The molecule has 7 nitrogen and oxygen atoms in total. The summed E-state index contributed by atoms with van der Waals surface area (Å²) >= 11 is 0. The second-order valence-electron chi connectivity index (χ2n) is 11.8. The number of hydrogen-bond donors (Lipinski definition) is 1. The van der Waals surface area contributed by atoms with Gasteiger partial charge in [-0.1, -0.05) is 12.1 Å². The van der Waals surface area contributed by atoms with Crippen LogP contribution in [0.25, 0.3) is 0 Å². The van der Waals surface area contributed by atoms with Crippen molar-refractivity contribution in [2.24, 2.45) is 5.92 Å². The Morgan fingerprint density at radius 1 is 0.975 bits per heavy atom. The van der Waals surface area contributed by atoms with Crippen LogP contribution in [0.3, 0.4) is 0 Å². The molecule has 40 heavy (non-hydrogen) atoms. The summed E-state index contributed by atoms with van der Waals surface area (Å²) in [5.41, 5.74) is 0.554. The predicted octanol–water partition coefficient (Wildman–Crippen LogP) is 4.13. The van der Waals surface area contributed by atoms with Gasteiger partial charge in [-0.05, 0) is 82.6 Å². The van der Waals surface area contributed by atoms with Crippen LogP contribution < -0.4 is 4.72 Å². The second kappa shape index (κ2) is 10.7. The van der Waals surface area contributed by atoms with Crippen molar-refractivity contribution in [1.82, 2.24) is 14.5 Å². The van der Waals surface area contributed by atoms with Crippen molar-refractivity contribution in [2.45, 2.75) is 75.7 Å². The molecule has 0 aromatic heterocycles. The average Bonchev–Trinajstić information content (AvgIpc) is 3.30. The molecule has 214 valence electrons. The van der Waals surface area contributed by atoms with Crippen molar-refractivity contribution in [3.63, 3.8) is 0 Å². The molecule has 5 atom stereocenters. The first-order chi connectivity index (χ1) is 18.8. The molecular weight excluding hydrogens is 543 g/mol. The SMILES string of the molecule is CC(C)(C)[S@](=O)N[C@H](Cc1cc(F)c(F)cc1F)C1C[C@H]2CC[C@@H](C1)N2C(=O)CN1C(=O)c2ccccc2C1=O. The Morgan fingerprint density at radius 2 is 1.52 bits per heavy atom. The van der Waals surface area contributed by atoms with E-state index in [1.165, 1.54) is 0 Å². The molecule has 3 heterocycles. The number of nitrogens with one attached hydrogen (secondary N) is 1. The number of benzene rings is 2. The lowest BCUT2D eigenvalue weighted by molar-refractivity contribution is -0.136. The second-order valence-corrected chi connectivity index (χ2v) is 13.8. The molecule has 3 amide bonds. The van der Waals surface area contributed by atoms with E-state index in [4.69, 9.17) is 0 Å². The van der Waals surface area contributed by atoms with Gasteiger partial charge in [0.15, 0.2) is 11.6 Å². The summed E-state index contributed by atoms with van der Waals surface area (Å²) in [4.78, 5) is 41.8. The molecule has 0 saturated carbocycles. The maximum Gasteiger partial charge on any atom is 0.262 e. The topological polar surface area (TPSA) is 86.8 Å². The summed E-state index contributed by atoms with van der Waals surface area (Å²) < 4.78 is 57.7. The summed E-state index contributed by atoms with van der Waals surface area (Å²) in [6.45, 7) is 5.06. The van der Waals surface area contributed by atoms with E-state index in [-0.39, 0.29) is 53.6 Å². The number of piperidine rings is 1. The smallest absolute Gasteiger partial charge is 0.262 e. The average molecular weight is 576 g/mol. The zero-order valence-corrected chi connectivity index (χ0v) is 23.4. The molecule has 5 rings (SSSR count). The van der Waals surface area contributed by atoms with E-state index in [1.54, 1.807) is 49.9 Å². The number of carbonyl (C=O) groups excluding carboxylic acids is 3. The lowest BCUT2D eigenvalue weighted by Gasteiger charge is -2.42. The van der Waals surface area contributed by atoms with Crippen molar-refractivity contribution >= 4 is 28.7 Å². The fourth-order valence-corrected chi connectivity index (χ4v) is 7.03. The summed E-state index contributed by atoms with van der Waals surface area (Å²) in [6, 6.07) is 6.98.